The van der Waals surface area contributed by atoms with Crippen molar-refractivity contribution in [3.8, 4) is 5.75 Å². The quantitative estimate of drug-likeness (QED) is 0.690. The number of aliphatic hydroxyl groups is 1. The first-order valence-electron chi connectivity index (χ1n) is 7.61. The van der Waals surface area contributed by atoms with E-state index in [1.165, 1.54) is 18.2 Å². The summed E-state index contributed by atoms with van der Waals surface area (Å²) in [6, 6.07) is 14.9. The molecule has 2 aromatic rings. The molecular weight excluding hydrogens is 313 g/mol. The van der Waals surface area contributed by atoms with Gasteiger partial charge in [-0.3, -0.25) is 4.79 Å². The van der Waals surface area contributed by atoms with Crippen molar-refractivity contribution in [1.29, 1.82) is 0 Å². The molecule has 0 aliphatic heterocycles. The van der Waals surface area contributed by atoms with Crippen molar-refractivity contribution in [2.75, 3.05) is 26.4 Å². The molecule has 0 spiro atoms. The van der Waals surface area contributed by atoms with Crippen LogP contribution in [0.3, 0.4) is 0 Å². The molecule has 0 saturated heterocycles. The number of hydrogen-bond donors (Lipinski definition) is 2. The van der Waals surface area contributed by atoms with E-state index in [0.29, 0.717) is 12.2 Å². The maximum absolute atomic E-state index is 13.1. The van der Waals surface area contributed by atoms with Gasteiger partial charge in [0.1, 0.15) is 24.8 Å². The monoisotopic (exact) mass is 333 g/mol. The van der Waals surface area contributed by atoms with E-state index in [9.17, 15) is 14.3 Å². The average Bonchev–Trinajstić information content (AvgIpc) is 2.60. The number of para-hydroxylation sites is 1. The lowest BCUT2D eigenvalue weighted by Crippen LogP contribution is -2.32. The van der Waals surface area contributed by atoms with Crippen molar-refractivity contribution in [2.24, 2.45) is 0 Å². The normalized spacial score (nSPS) is 11.8. The summed E-state index contributed by atoms with van der Waals surface area (Å²) in [5.41, 5.74) is 0.410. The zero-order valence-electron chi connectivity index (χ0n) is 13.2. The molecule has 0 heterocycles. The standard InChI is InChI=1S/C18H20FNO4/c19-15-6-4-5-14(11-15)17(21)12-20-18(22)13-23-9-10-24-16-7-2-1-3-8-16/h1-8,11,17,21H,9-10,12-13H2,(H,20,22). The Hall–Kier alpha value is -2.44. The second-order valence-electron chi connectivity index (χ2n) is 5.09. The van der Waals surface area contributed by atoms with Gasteiger partial charge >= 0.3 is 0 Å². The minimum atomic E-state index is -0.967. The van der Waals surface area contributed by atoms with Crippen LogP contribution in [0.25, 0.3) is 0 Å². The van der Waals surface area contributed by atoms with Crippen LogP contribution >= 0.6 is 0 Å². The highest BCUT2D eigenvalue weighted by Crippen LogP contribution is 2.12. The molecule has 0 fully saturated rings. The highest BCUT2D eigenvalue weighted by molar-refractivity contribution is 5.77. The molecule has 0 radical (unpaired) electrons. The van der Waals surface area contributed by atoms with E-state index in [0.717, 1.165) is 5.75 Å². The molecule has 0 aromatic heterocycles. The third-order valence-electron chi connectivity index (χ3n) is 3.20. The highest BCUT2D eigenvalue weighted by atomic mass is 19.1. The third-order valence-corrected chi connectivity index (χ3v) is 3.20. The number of carbonyl (C=O) groups is 1. The Labute approximate surface area is 140 Å². The van der Waals surface area contributed by atoms with E-state index in [-0.39, 0.29) is 25.7 Å². The molecule has 24 heavy (non-hydrogen) atoms. The first-order valence-corrected chi connectivity index (χ1v) is 7.61. The zero-order chi connectivity index (χ0) is 17.2. The van der Waals surface area contributed by atoms with Gasteiger partial charge in [0.2, 0.25) is 5.91 Å². The number of ether oxygens (including phenoxy) is 2. The maximum atomic E-state index is 13.1. The summed E-state index contributed by atoms with van der Waals surface area (Å²) in [5, 5.41) is 12.4. The van der Waals surface area contributed by atoms with E-state index < -0.39 is 11.9 Å². The van der Waals surface area contributed by atoms with Crippen molar-refractivity contribution >= 4 is 5.91 Å². The zero-order valence-corrected chi connectivity index (χ0v) is 13.2. The minimum absolute atomic E-state index is 0.00778. The van der Waals surface area contributed by atoms with Gasteiger partial charge in [-0.2, -0.15) is 0 Å². The largest absolute Gasteiger partial charge is 0.491 e. The Kier molecular flexibility index (Phi) is 7.20. The summed E-state index contributed by atoms with van der Waals surface area (Å²) in [7, 11) is 0. The van der Waals surface area contributed by atoms with Crippen LogP contribution < -0.4 is 10.1 Å². The Bertz CT molecular complexity index is 636. The lowest BCUT2D eigenvalue weighted by atomic mass is 10.1. The molecule has 0 saturated carbocycles. The van der Waals surface area contributed by atoms with E-state index in [2.05, 4.69) is 5.32 Å². The van der Waals surface area contributed by atoms with E-state index in [4.69, 9.17) is 9.47 Å². The van der Waals surface area contributed by atoms with Gasteiger partial charge in [0, 0.05) is 6.54 Å². The van der Waals surface area contributed by atoms with Gasteiger partial charge in [0.05, 0.1) is 12.7 Å². The second-order valence-corrected chi connectivity index (χ2v) is 5.09. The number of halogens is 1. The number of nitrogens with one attached hydrogen (secondary N) is 1. The molecular formula is C18H20FNO4. The molecule has 2 N–H and O–H groups in total. The third kappa shape index (κ3) is 6.36. The molecule has 0 bridgehead atoms. The van der Waals surface area contributed by atoms with Crippen LogP contribution in [-0.4, -0.2) is 37.4 Å². The van der Waals surface area contributed by atoms with Crippen LogP contribution in [0, 0.1) is 5.82 Å². The topological polar surface area (TPSA) is 67.8 Å². The van der Waals surface area contributed by atoms with Gasteiger partial charge < -0.3 is 19.9 Å². The van der Waals surface area contributed by atoms with Crippen LogP contribution in [0.15, 0.2) is 54.6 Å². The summed E-state index contributed by atoms with van der Waals surface area (Å²) in [5.74, 6) is -0.0476. The SMILES string of the molecule is O=C(COCCOc1ccccc1)NCC(O)c1cccc(F)c1. The summed E-state index contributed by atoms with van der Waals surface area (Å²) >= 11 is 0. The number of amides is 1. The molecule has 2 rings (SSSR count). The maximum Gasteiger partial charge on any atom is 0.246 e. The number of carbonyl (C=O) groups excluding carboxylic acids is 1. The van der Waals surface area contributed by atoms with Crippen LogP contribution in [0.5, 0.6) is 5.75 Å². The number of hydrogen-bond acceptors (Lipinski definition) is 4. The molecule has 128 valence electrons. The lowest BCUT2D eigenvalue weighted by Gasteiger charge is -2.12. The fourth-order valence-electron chi connectivity index (χ4n) is 1.99. The number of aliphatic hydroxyl groups excluding tert-OH is 1. The van der Waals surface area contributed by atoms with Crippen LogP contribution in [0.4, 0.5) is 4.39 Å². The molecule has 2 aromatic carbocycles. The Morgan fingerprint density at radius 1 is 1.12 bits per heavy atom. The lowest BCUT2D eigenvalue weighted by molar-refractivity contribution is -0.126. The summed E-state index contributed by atoms with van der Waals surface area (Å²) in [4.78, 5) is 11.6. The van der Waals surface area contributed by atoms with Crippen molar-refractivity contribution < 1.29 is 23.8 Å². The van der Waals surface area contributed by atoms with Gasteiger partial charge in [-0.1, -0.05) is 30.3 Å². The molecule has 0 aliphatic carbocycles. The average molecular weight is 333 g/mol. The summed E-state index contributed by atoms with van der Waals surface area (Å²) < 4.78 is 23.7. The predicted octanol–water partition coefficient (Wildman–Crippen LogP) is 2.07. The Morgan fingerprint density at radius 2 is 1.92 bits per heavy atom. The van der Waals surface area contributed by atoms with Gasteiger partial charge in [0.25, 0.3) is 0 Å². The van der Waals surface area contributed by atoms with Crippen LogP contribution in [0.2, 0.25) is 0 Å². The Balaban J connectivity index is 1.58. The Morgan fingerprint density at radius 3 is 2.67 bits per heavy atom. The second kappa shape index (κ2) is 9.64. The number of benzene rings is 2. The van der Waals surface area contributed by atoms with Gasteiger partial charge in [-0.05, 0) is 29.8 Å². The van der Waals surface area contributed by atoms with Crippen molar-refractivity contribution in [3.63, 3.8) is 0 Å². The van der Waals surface area contributed by atoms with E-state index >= 15 is 0 Å². The smallest absolute Gasteiger partial charge is 0.246 e. The van der Waals surface area contributed by atoms with Gasteiger partial charge in [0.15, 0.2) is 0 Å². The summed E-state index contributed by atoms with van der Waals surface area (Å²) in [6.45, 7) is 0.470. The van der Waals surface area contributed by atoms with E-state index in [1.807, 2.05) is 30.3 Å². The number of rotatable bonds is 9. The van der Waals surface area contributed by atoms with Crippen molar-refractivity contribution in [1.82, 2.24) is 5.32 Å². The van der Waals surface area contributed by atoms with Gasteiger partial charge in [-0.25, -0.2) is 4.39 Å². The molecule has 6 heteroatoms. The van der Waals surface area contributed by atoms with E-state index in [1.54, 1.807) is 6.07 Å². The fraction of sp³-hybridized carbons (Fsp3) is 0.278. The van der Waals surface area contributed by atoms with Crippen LogP contribution in [-0.2, 0) is 9.53 Å². The first kappa shape index (κ1) is 17.9. The fourth-order valence-corrected chi connectivity index (χ4v) is 1.99. The molecule has 1 amide bonds. The molecule has 0 aliphatic rings. The first-order chi connectivity index (χ1) is 11.6. The predicted molar refractivity (Wildman–Crippen MR) is 87.1 cm³/mol. The van der Waals surface area contributed by atoms with Gasteiger partial charge in [-0.15, -0.1) is 0 Å². The molecule has 5 nitrogen and oxygen atoms in total. The molecule has 1 atom stereocenters. The molecule has 1 unspecified atom stereocenters. The van der Waals surface area contributed by atoms with Crippen molar-refractivity contribution in [2.45, 2.75) is 6.10 Å². The van der Waals surface area contributed by atoms with Crippen LogP contribution in [0.1, 0.15) is 11.7 Å². The minimum Gasteiger partial charge on any atom is -0.491 e. The summed E-state index contributed by atoms with van der Waals surface area (Å²) in [6.07, 6.45) is -0.967. The van der Waals surface area contributed by atoms with Crippen molar-refractivity contribution in [3.05, 3.63) is 66.0 Å². The highest BCUT2D eigenvalue weighted by Gasteiger charge is 2.10.